The highest BCUT2D eigenvalue weighted by atomic mass is 19.1. The van der Waals surface area contributed by atoms with Crippen LogP contribution in [0.3, 0.4) is 0 Å². The van der Waals surface area contributed by atoms with E-state index in [0.717, 1.165) is 12.1 Å². The van der Waals surface area contributed by atoms with E-state index in [1.54, 1.807) is 6.92 Å². The summed E-state index contributed by atoms with van der Waals surface area (Å²) in [5.74, 6) is -3.28. The Morgan fingerprint density at radius 1 is 1.41 bits per heavy atom. The van der Waals surface area contributed by atoms with Crippen LogP contribution in [0.15, 0.2) is 22.6 Å². The first-order valence-electron chi connectivity index (χ1n) is 6.52. The molecule has 0 fully saturated rings. The predicted molar refractivity (Wildman–Crippen MR) is 71.4 cm³/mol. The number of hydrogen-bond donors (Lipinski definition) is 1. The van der Waals surface area contributed by atoms with Crippen LogP contribution in [0.1, 0.15) is 30.5 Å². The highest BCUT2D eigenvalue weighted by molar-refractivity contribution is 5.89. The first kappa shape index (κ1) is 15.6. The third-order valence-corrected chi connectivity index (χ3v) is 2.96. The summed E-state index contributed by atoms with van der Waals surface area (Å²) in [7, 11) is 0. The molecule has 0 aliphatic rings. The molecule has 1 heterocycles. The van der Waals surface area contributed by atoms with E-state index in [1.807, 2.05) is 6.07 Å². The maximum absolute atomic E-state index is 13.6. The number of hydrogen-bond acceptors (Lipinski definition) is 5. The van der Waals surface area contributed by atoms with Gasteiger partial charge in [-0.3, -0.25) is 4.79 Å². The second-order valence-electron chi connectivity index (χ2n) is 4.45. The minimum Gasteiger partial charge on any atom is -0.412 e. The summed E-state index contributed by atoms with van der Waals surface area (Å²) in [5, 5.41) is 18.1. The highest BCUT2D eigenvalue weighted by Crippen LogP contribution is 2.24. The number of benzene rings is 1. The van der Waals surface area contributed by atoms with Gasteiger partial charge in [0.05, 0.1) is 12.5 Å². The van der Waals surface area contributed by atoms with E-state index in [1.165, 1.54) is 6.07 Å². The van der Waals surface area contributed by atoms with Gasteiger partial charge in [0.1, 0.15) is 17.2 Å². The van der Waals surface area contributed by atoms with Crippen LogP contribution < -0.4 is 5.32 Å². The van der Waals surface area contributed by atoms with Gasteiger partial charge < -0.3 is 9.73 Å². The molecule has 0 bridgehead atoms. The lowest BCUT2D eigenvalue weighted by Crippen LogP contribution is -2.34. The summed E-state index contributed by atoms with van der Waals surface area (Å²) in [6.45, 7) is 1.80. The molecule has 0 spiro atoms. The lowest BCUT2D eigenvalue weighted by atomic mass is 10.2. The van der Waals surface area contributed by atoms with Crippen LogP contribution in [0.25, 0.3) is 11.5 Å². The van der Waals surface area contributed by atoms with Crippen molar-refractivity contribution in [1.29, 1.82) is 5.26 Å². The Bertz CT molecular complexity index is 704. The van der Waals surface area contributed by atoms with Crippen molar-refractivity contribution in [2.45, 2.75) is 25.8 Å². The molecule has 0 aliphatic heterocycles. The lowest BCUT2D eigenvalue weighted by molar-refractivity contribution is 0.0902. The summed E-state index contributed by atoms with van der Waals surface area (Å²) < 4.78 is 32.2. The molecule has 8 heteroatoms. The molecule has 0 radical (unpaired) electrons. The third-order valence-electron chi connectivity index (χ3n) is 2.96. The van der Waals surface area contributed by atoms with Crippen molar-refractivity contribution in [2.75, 3.05) is 0 Å². The van der Waals surface area contributed by atoms with Crippen LogP contribution >= 0.6 is 0 Å². The van der Waals surface area contributed by atoms with E-state index in [9.17, 15) is 13.6 Å². The second kappa shape index (κ2) is 6.76. The number of nitrogens with zero attached hydrogens (tertiary/aromatic N) is 3. The number of nitrogens with one attached hydrogen (secondary N) is 1. The molecular formula is C14H12F2N4O2. The maximum atomic E-state index is 13.6. The van der Waals surface area contributed by atoms with Crippen molar-refractivity contribution in [3.05, 3.63) is 35.7 Å². The van der Waals surface area contributed by atoms with Crippen LogP contribution in [0.5, 0.6) is 0 Å². The van der Waals surface area contributed by atoms with Crippen LogP contribution in [0, 0.1) is 23.0 Å². The van der Waals surface area contributed by atoms with Crippen molar-refractivity contribution in [3.8, 4) is 17.5 Å². The molecule has 0 saturated carbocycles. The molecule has 0 aliphatic carbocycles. The summed E-state index contributed by atoms with van der Waals surface area (Å²) in [5.41, 5.74) is -0.488. The molecule has 2 aromatic rings. The standard InChI is InChI=1S/C14H12F2N4O2/c1-2-8(6-7-17)18-12(21)14-20-19-13(22-14)11-9(15)4-3-5-10(11)16/h3-5,8H,2,6H2,1H3,(H,18,21). The van der Waals surface area contributed by atoms with Crippen LogP contribution in [-0.4, -0.2) is 22.1 Å². The normalized spacial score (nSPS) is 11.7. The average Bonchev–Trinajstić information content (AvgIpc) is 2.96. The second-order valence-corrected chi connectivity index (χ2v) is 4.45. The average molecular weight is 306 g/mol. The first-order chi connectivity index (χ1) is 10.6. The van der Waals surface area contributed by atoms with E-state index in [4.69, 9.17) is 9.68 Å². The first-order valence-corrected chi connectivity index (χ1v) is 6.52. The van der Waals surface area contributed by atoms with E-state index in [2.05, 4.69) is 15.5 Å². The van der Waals surface area contributed by atoms with Crippen LogP contribution in [-0.2, 0) is 0 Å². The van der Waals surface area contributed by atoms with Gasteiger partial charge in [-0.1, -0.05) is 13.0 Å². The number of halogens is 2. The molecule has 1 N–H and O–H groups in total. The molecular weight excluding hydrogens is 294 g/mol. The Hall–Kier alpha value is -2.82. The van der Waals surface area contributed by atoms with Gasteiger partial charge in [0.15, 0.2) is 0 Å². The Morgan fingerprint density at radius 2 is 2.09 bits per heavy atom. The Balaban J connectivity index is 2.21. The van der Waals surface area contributed by atoms with Gasteiger partial charge in [-0.15, -0.1) is 10.2 Å². The quantitative estimate of drug-likeness (QED) is 0.916. The fourth-order valence-electron chi connectivity index (χ4n) is 1.77. The van der Waals surface area contributed by atoms with Crippen molar-refractivity contribution in [1.82, 2.24) is 15.5 Å². The Morgan fingerprint density at radius 3 is 2.68 bits per heavy atom. The molecule has 1 atom stereocenters. The summed E-state index contributed by atoms with van der Waals surface area (Å²) in [6.07, 6.45) is 0.674. The maximum Gasteiger partial charge on any atom is 0.309 e. The predicted octanol–water partition coefficient (Wildman–Crippen LogP) is 2.44. The molecule has 1 amide bonds. The zero-order valence-corrected chi connectivity index (χ0v) is 11.6. The van der Waals surface area contributed by atoms with Gasteiger partial charge >= 0.3 is 11.8 Å². The summed E-state index contributed by atoms with van der Waals surface area (Å²) >= 11 is 0. The van der Waals surface area contributed by atoms with E-state index in [-0.39, 0.29) is 12.5 Å². The molecule has 6 nitrogen and oxygen atoms in total. The number of aromatic nitrogens is 2. The minimum absolute atomic E-state index is 0.130. The summed E-state index contributed by atoms with van der Waals surface area (Å²) in [6, 6.07) is 4.87. The smallest absolute Gasteiger partial charge is 0.309 e. The number of rotatable bonds is 5. The molecule has 114 valence electrons. The SMILES string of the molecule is CCC(CC#N)NC(=O)c1nnc(-c2c(F)cccc2F)o1. The minimum atomic E-state index is -0.869. The summed E-state index contributed by atoms with van der Waals surface area (Å²) in [4.78, 5) is 11.9. The fraction of sp³-hybridized carbons (Fsp3) is 0.286. The zero-order chi connectivity index (χ0) is 16.1. The van der Waals surface area contributed by atoms with Gasteiger partial charge in [0.25, 0.3) is 5.89 Å². The number of carbonyl (C=O) groups excluding carboxylic acids is 1. The number of nitriles is 1. The van der Waals surface area contributed by atoms with Crippen molar-refractivity contribution in [2.24, 2.45) is 0 Å². The van der Waals surface area contributed by atoms with Crippen LogP contribution in [0.2, 0.25) is 0 Å². The molecule has 2 rings (SSSR count). The van der Waals surface area contributed by atoms with Gasteiger partial charge in [-0.2, -0.15) is 5.26 Å². The van der Waals surface area contributed by atoms with Gasteiger partial charge in [0.2, 0.25) is 0 Å². The third kappa shape index (κ3) is 3.25. The molecule has 0 saturated heterocycles. The van der Waals surface area contributed by atoms with E-state index < -0.39 is 34.9 Å². The monoisotopic (exact) mass is 306 g/mol. The highest BCUT2D eigenvalue weighted by Gasteiger charge is 2.22. The lowest BCUT2D eigenvalue weighted by Gasteiger charge is -2.11. The topological polar surface area (TPSA) is 91.8 Å². The van der Waals surface area contributed by atoms with Crippen molar-refractivity contribution in [3.63, 3.8) is 0 Å². The molecule has 22 heavy (non-hydrogen) atoms. The molecule has 1 aromatic carbocycles. The molecule has 1 unspecified atom stereocenters. The number of carbonyl (C=O) groups is 1. The van der Waals surface area contributed by atoms with Crippen LogP contribution in [0.4, 0.5) is 8.78 Å². The zero-order valence-electron chi connectivity index (χ0n) is 11.6. The fourth-order valence-corrected chi connectivity index (χ4v) is 1.77. The largest absolute Gasteiger partial charge is 0.412 e. The molecule has 1 aromatic heterocycles. The van der Waals surface area contributed by atoms with E-state index >= 15 is 0 Å². The number of amides is 1. The van der Waals surface area contributed by atoms with Crippen molar-refractivity contribution >= 4 is 5.91 Å². The van der Waals surface area contributed by atoms with E-state index in [0.29, 0.717) is 6.42 Å². The van der Waals surface area contributed by atoms with Crippen molar-refractivity contribution < 1.29 is 18.0 Å². The van der Waals surface area contributed by atoms with Gasteiger partial charge in [-0.05, 0) is 18.6 Å². The van der Waals surface area contributed by atoms with Gasteiger partial charge in [-0.25, -0.2) is 8.78 Å². The Labute approximate surface area is 124 Å². The van der Waals surface area contributed by atoms with Gasteiger partial charge in [0, 0.05) is 6.04 Å². The Kier molecular flexibility index (Phi) is 4.78.